The van der Waals surface area contributed by atoms with E-state index in [-0.39, 0.29) is 5.91 Å². The number of hydrogen-bond acceptors (Lipinski definition) is 2. The number of unbranched alkanes of at least 4 members (excludes halogenated alkanes) is 2. The van der Waals surface area contributed by atoms with Crippen LogP contribution in [0.4, 0.5) is 0 Å². The van der Waals surface area contributed by atoms with Gasteiger partial charge < -0.3 is 4.90 Å². The summed E-state index contributed by atoms with van der Waals surface area (Å²) in [5, 5.41) is 3.93. The highest BCUT2D eigenvalue weighted by molar-refractivity contribution is 7.80. The molecule has 0 heterocycles. The molecule has 0 saturated carbocycles. The molecule has 0 saturated heterocycles. The number of rotatable bonds is 7. The minimum atomic E-state index is -0.185. The molecule has 0 spiro atoms. The van der Waals surface area contributed by atoms with Gasteiger partial charge in [-0.15, -0.1) is 0 Å². The zero-order valence-corrected chi connectivity index (χ0v) is 14.3. The number of nitrogens with zero attached hydrogens (tertiary/aromatic N) is 1. The molecule has 1 amide bonds. The third kappa shape index (κ3) is 6.44. The van der Waals surface area contributed by atoms with E-state index in [0.717, 1.165) is 38.8 Å². The van der Waals surface area contributed by atoms with Crippen molar-refractivity contribution in [3.8, 4) is 0 Å². The van der Waals surface area contributed by atoms with Crippen molar-refractivity contribution >= 4 is 34.8 Å². The van der Waals surface area contributed by atoms with Gasteiger partial charge in [-0.3, -0.25) is 10.1 Å². The van der Waals surface area contributed by atoms with Crippen LogP contribution in [-0.4, -0.2) is 29.0 Å². The molecule has 0 aliphatic carbocycles. The van der Waals surface area contributed by atoms with Gasteiger partial charge in [0.2, 0.25) is 0 Å². The number of hydrogen-bond donors (Lipinski definition) is 1. The van der Waals surface area contributed by atoms with Gasteiger partial charge in [-0.25, -0.2) is 0 Å². The van der Waals surface area contributed by atoms with Crippen molar-refractivity contribution in [2.75, 3.05) is 13.1 Å². The van der Waals surface area contributed by atoms with E-state index >= 15 is 0 Å². The van der Waals surface area contributed by atoms with Gasteiger partial charge >= 0.3 is 0 Å². The van der Waals surface area contributed by atoms with Crippen LogP contribution in [-0.2, 0) is 0 Å². The van der Waals surface area contributed by atoms with Crippen molar-refractivity contribution in [2.45, 2.75) is 39.5 Å². The van der Waals surface area contributed by atoms with Crippen LogP contribution in [0.2, 0.25) is 5.02 Å². The number of nitrogens with one attached hydrogen (secondary N) is 1. The van der Waals surface area contributed by atoms with E-state index in [1.165, 1.54) is 0 Å². The Bertz CT molecular complexity index is 454. The van der Waals surface area contributed by atoms with E-state index in [9.17, 15) is 4.79 Å². The van der Waals surface area contributed by atoms with Crippen LogP contribution >= 0.6 is 23.8 Å². The molecule has 0 aromatic heterocycles. The fourth-order valence-electron chi connectivity index (χ4n) is 1.86. The molecule has 5 heteroatoms. The maximum atomic E-state index is 12.2. The molecular formula is C16H23ClN2OS. The predicted octanol–water partition coefficient (Wildman–Crippen LogP) is 4.26. The largest absolute Gasteiger partial charge is 0.349 e. The summed E-state index contributed by atoms with van der Waals surface area (Å²) in [4.78, 5) is 14.2. The van der Waals surface area contributed by atoms with Crippen molar-refractivity contribution in [2.24, 2.45) is 0 Å². The third-order valence-electron chi connectivity index (χ3n) is 3.18. The third-order valence-corrected chi connectivity index (χ3v) is 3.79. The lowest BCUT2D eigenvalue weighted by atomic mass is 10.2. The van der Waals surface area contributed by atoms with Gasteiger partial charge in [0.1, 0.15) is 0 Å². The number of carbonyl (C=O) groups is 1. The summed E-state index contributed by atoms with van der Waals surface area (Å²) in [6, 6.07) is 6.79. The normalized spacial score (nSPS) is 10.2. The van der Waals surface area contributed by atoms with Crippen molar-refractivity contribution in [1.82, 2.24) is 10.2 Å². The lowest BCUT2D eigenvalue weighted by Crippen LogP contribution is -2.43. The van der Waals surface area contributed by atoms with Crippen LogP contribution in [0, 0.1) is 0 Å². The Hall–Kier alpha value is -1.13. The van der Waals surface area contributed by atoms with Crippen LogP contribution in [0.3, 0.4) is 0 Å². The van der Waals surface area contributed by atoms with E-state index in [0.29, 0.717) is 15.7 Å². The summed E-state index contributed by atoms with van der Waals surface area (Å²) >= 11 is 11.2. The smallest absolute Gasteiger partial charge is 0.257 e. The highest BCUT2D eigenvalue weighted by atomic mass is 35.5. The fraction of sp³-hybridized carbons (Fsp3) is 0.500. The summed E-state index contributed by atoms with van der Waals surface area (Å²) < 4.78 is 0. The lowest BCUT2D eigenvalue weighted by molar-refractivity contribution is 0.0973. The molecule has 1 N–H and O–H groups in total. The molecule has 1 aromatic rings. The number of carbonyl (C=O) groups excluding carboxylic acids is 1. The summed E-state index contributed by atoms with van der Waals surface area (Å²) in [6.45, 7) is 6.06. The summed E-state index contributed by atoms with van der Waals surface area (Å²) in [6.07, 6.45) is 4.36. The Labute approximate surface area is 137 Å². The van der Waals surface area contributed by atoms with E-state index < -0.39 is 0 Å². The summed E-state index contributed by atoms with van der Waals surface area (Å²) in [5.41, 5.74) is 0.563. The van der Waals surface area contributed by atoms with Crippen LogP contribution in [0.1, 0.15) is 49.9 Å². The van der Waals surface area contributed by atoms with E-state index in [1.54, 1.807) is 24.3 Å². The molecule has 0 radical (unpaired) electrons. The van der Waals surface area contributed by atoms with Gasteiger partial charge in [0.25, 0.3) is 5.91 Å². The molecule has 0 aliphatic heterocycles. The molecule has 116 valence electrons. The first-order chi connectivity index (χ1) is 10.1. The zero-order chi connectivity index (χ0) is 15.7. The summed E-state index contributed by atoms with van der Waals surface area (Å²) in [7, 11) is 0. The van der Waals surface area contributed by atoms with Crippen molar-refractivity contribution in [3.05, 3.63) is 34.9 Å². The summed E-state index contributed by atoms with van der Waals surface area (Å²) in [5.74, 6) is -0.185. The molecule has 0 atom stereocenters. The second-order valence-electron chi connectivity index (χ2n) is 4.96. The molecule has 0 bridgehead atoms. The molecule has 21 heavy (non-hydrogen) atoms. The first-order valence-corrected chi connectivity index (χ1v) is 8.23. The molecule has 3 nitrogen and oxygen atoms in total. The maximum Gasteiger partial charge on any atom is 0.257 e. The molecule has 0 fully saturated rings. The van der Waals surface area contributed by atoms with E-state index in [4.69, 9.17) is 23.8 Å². The SMILES string of the molecule is CCCCN(CCCC)C(=S)NC(=O)c1ccc(Cl)cc1. The van der Waals surface area contributed by atoms with Crippen molar-refractivity contribution < 1.29 is 4.79 Å². The molecular weight excluding hydrogens is 304 g/mol. The topological polar surface area (TPSA) is 32.3 Å². The number of amides is 1. The van der Waals surface area contributed by atoms with Crippen LogP contribution in [0.5, 0.6) is 0 Å². The average molecular weight is 327 g/mol. The van der Waals surface area contributed by atoms with Crippen LogP contribution in [0.25, 0.3) is 0 Å². The maximum absolute atomic E-state index is 12.2. The standard InChI is InChI=1S/C16H23ClN2OS/c1-3-5-11-19(12-6-4-2)16(21)18-15(20)13-7-9-14(17)10-8-13/h7-10H,3-6,11-12H2,1-2H3,(H,18,20,21). The van der Waals surface area contributed by atoms with E-state index in [1.807, 2.05) is 0 Å². The average Bonchev–Trinajstić information content (AvgIpc) is 2.47. The Morgan fingerprint density at radius 1 is 1.14 bits per heavy atom. The Kier molecular flexibility index (Phi) is 8.31. The van der Waals surface area contributed by atoms with Crippen molar-refractivity contribution in [1.29, 1.82) is 0 Å². The second kappa shape index (κ2) is 9.74. The zero-order valence-electron chi connectivity index (χ0n) is 12.7. The second-order valence-corrected chi connectivity index (χ2v) is 5.78. The first-order valence-electron chi connectivity index (χ1n) is 7.44. The lowest BCUT2D eigenvalue weighted by Gasteiger charge is -2.25. The first kappa shape index (κ1) is 17.9. The van der Waals surface area contributed by atoms with Gasteiger partial charge in [-0.2, -0.15) is 0 Å². The van der Waals surface area contributed by atoms with Crippen LogP contribution < -0.4 is 5.32 Å². The van der Waals surface area contributed by atoms with Gasteiger partial charge in [-0.05, 0) is 49.3 Å². The Morgan fingerprint density at radius 3 is 2.14 bits per heavy atom. The highest BCUT2D eigenvalue weighted by Crippen LogP contribution is 2.09. The van der Waals surface area contributed by atoms with Gasteiger partial charge in [0.15, 0.2) is 5.11 Å². The van der Waals surface area contributed by atoms with Crippen molar-refractivity contribution in [3.63, 3.8) is 0 Å². The molecule has 0 aliphatic rings. The molecule has 1 aromatic carbocycles. The number of benzene rings is 1. The number of halogens is 1. The van der Waals surface area contributed by atoms with E-state index in [2.05, 4.69) is 24.1 Å². The Balaban J connectivity index is 2.61. The van der Waals surface area contributed by atoms with Gasteiger partial charge in [0, 0.05) is 23.7 Å². The highest BCUT2D eigenvalue weighted by Gasteiger charge is 2.13. The van der Waals surface area contributed by atoms with Gasteiger partial charge in [0.05, 0.1) is 0 Å². The monoisotopic (exact) mass is 326 g/mol. The number of thiocarbonyl (C=S) groups is 1. The fourth-order valence-corrected chi connectivity index (χ4v) is 2.26. The Morgan fingerprint density at radius 2 is 1.67 bits per heavy atom. The quantitative estimate of drug-likeness (QED) is 0.760. The predicted molar refractivity (Wildman–Crippen MR) is 92.9 cm³/mol. The van der Waals surface area contributed by atoms with Crippen LogP contribution in [0.15, 0.2) is 24.3 Å². The minimum absolute atomic E-state index is 0.185. The van der Waals surface area contributed by atoms with Gasteiger partial charge in [-0.1, -0.05) is 38.3 Å². The minimum Gasteiger partial charge on any atom is -0.349 e. The molecule has 0 unspecified atom stereocenters. The molecule has 1 rings (SSSR count).